The summed E-state index contributed by atoms with van der Waals surface area (Å²) in [6.07, 6.45) is 0. The van der Waals surface area contributed by atoms with Crippen molar-refractivity contribution in [2.75, 3.05) is 24.3 Å². The Labute approximate surface area is 146 Å². The van der Waals surface area contributed by atoms with E-state index >= 15 is 0 Å². The molecule has 25 heavy (non-hydrogen) atoms. The predicted octanol–water partition coefficient (Wildman–Crippen LogP) is 1.69. The summed E-state index contributed by atoms with van der Waals surface area (Å²) >= 11 is 1.03. The number of thiophene rings is 1. The van der Waals surface area contributed by atoms with Crippen LogP contribution in [0.25, 0.3) is 21.3 Å². The summed E-state index contributed by atoms with van der Waals surface area (Å²) in [5, 5.41) is 9.99. The third kappa shape index (κ3) is 2.45. The topological polar surface area (TPSA) is 167 Å². The molecular formula is C16H14N6O2S. The second-order valence-corrected chi connectivity index (χ2v) is 6.20. The number of pyridine rings is 1. The zero-order valence-electron chi connectivity index (χ0n) is 13.2. The number of nitriles is 1. The van der Waals surface area contributed by atoms with E-state index in [-0.39, 0.29) is 21.9 Å². The molecule has 0 radical (unpaired) electrons. The minimum Gasteiger partial charge on any atom is -0.495 e. The Morgan fingerprint density at radius 1 is 1.32 bits per heavy atom. The standard InChI is InChI=1S/C16H14N6O2S/c1-24-9-3-2-6(4-8(9)18)10-7(5-17)14(20)22-16-11(10)12(19)13(25-16)15(21)23/h2-4H,18-19H2,1H3,(H2,20,22)(H2,21,23). The molecule has 126 valence electrons. The van der Waals surface area contributed by atoms with Crippen molar-refractivity contribution in [2.24, 2.45) is 5.73 Å². The van der Waals surface area contributed by atoms with Gasteiger partial charge < -0.3 is 27.7 Å². The molecule has 1 aromatic carbocycles. The van der Waals surface area contributed by atoms with Gasteiger partial charge >= 0.3 is 0 Å². The van der Waals surface area contributed by atoms with Crippen molar-refractivity contribution >= 4 is 44.7 Å². The Balaban J connectivity index is 2.45. The first kappa shape index (κ1) is 16.4. The number of fused-ring (bicyclic) bond motifs is 1. The molecular weight excluding hydrogens is 340 g/mol. The van der Waals surface area contributed by atoms with E-state index in [4.69, 9.17) is 27.7 Å². The number of rotatable bonds is 3. The van der Waals surface area contributed by atoms with Gasteiger partial charge in [0.05, 0.1) is 18.5 Å². The van der Waals surface area contributed by atoms with Crippen LogP contribution in [0.3, 0.4) is 0 Å². The number of amides is 1. The van der Waals surface area contributed by atoms with Crippen molar-refractivity contribution in [1.82, 2.24) is 4.98 Å². The molecule has 0 bridgehead atoms. The molecule has 2 aromatic heterocycles. The molecule has 3 aromatic rings. The first-order chi connectivity index (χ1) is 11.9. The lowest BCUT2D eigenvalue weighted by Crippen LogP contribution is -2.10. The summed E-state index contributed by atoms with van der Waals surface area (Å²) in [6.45, 7) is 0. The fourth-order valence-corrected chi connectivity index (χ4v) is 3.61. The van der Waals surface area contributed by atoms with Gasteiger partial charge in [-0.25, -0.2) is 4.98 Å². The number of nitrogens with zero attached hydrogens (tertiary/aromatic N) is 2. The van der Waals surface area contributed by atoms with Crippen LogP contribution in [0.15, 0.2) is 18.2 Å². The monoisotopic (exact) mass is 354 g/mol. The summed E-state index contributed by atoms with van der Waals surface area (Å²) in [5.74, 6) is -0.133. The van der Waals surface area contributed by atoms with Gasteiger partial charge in [-0.05, 0) is 17.7 Å². The van der Waals surface area contributed by atoms with Gasteiger partial charge in [-0.3, -0.25) is 4.79 Å². The van der Waals surface area contributed by atoms with Crippen LogP contribution in [0.4, 0.5) is 17.2 Å². The fourth-order valence-electron chi connectivity index (χ4n) is 2.64. The van der Waals surface area contributed by atoms with Crippen molar-refractivity contribution in [3.63, 3.8) is 0 Å². The maximum Gasteiger partial charge on any atom is 0.260 e. The van der Waals surface area contributed by atoms with Gasteiger partial charge in [0.15, 0.2) is 0 Å². The first-order valence-electron chi connectivity index (χ1n) is 7.04. The Bertz CT molecular complexity index is 1070. The molecule has 0 spiro atoms. The van der Waals surface area contributed by atoms with Crippen molar-refractivity contribution < 1.29 is 9.53 Å². The minimum atomic E-state index is -0.669. The smallest absolute Gasteiger partial charge is 0.260 e. The second-order valence-electron chi connectivity index (χ2n) is 5.20. The van der Waals surface area contributed by atoms with Crippen LogP contribution < -0.4 is 27.7 Å². The van der Waals surface area contributed by atoms with E-state index in [1.54, 1.807) is 18.2 Å². The Morgan fingerprint density at radius 3 is 2.60 bits per heavy atom. The number of carbonyl (C=O) groups excluding carboxylic acids is 1. The van der Waals surface area contributed by atoms with Gasteiger partial charge in [0, 0.05) is 10.9 Å². The van der Waals surface area contributed by atoms with E-state index in [1.165, 1.54) is 7.11 Å². The van der Waals surface area contributed by atoms with Crippen LogP contribution in [0, 0.1) is 11.3 Å². The van der Waals surface area contributed by atoms with E-state index in [0.29, 0.717) is 32.8 Å². The van der Waals surface area contributed by atoms with Gasteiger partial charge in [-0.2, -0.15) is 5.26 Å². The van der Waals surface area contributed by atoms with E-state index < -0.39 is 5.91 Å². The summed E-state index contributed by atoms with van der Waals surface area (Å²) in [5.41, 5.74) is 25.1. The molecule has 0 aliphatic rings. The van der Waals surface area contributed by atoms with Crippen LogP contribution in [0.1, 0.15) is 15.2 Å². The first-order valence-corrected chi connectivity index (χ1v) is 7.85. The zero-order valence-corrected chi connectivity index (χ0v) is 14.0. The number of aromatic nitrogens is 1. The number of benzene rings is 1. The lowest BCUT2D eigenvalue weighted by molar-refractivity contribution is 0.100. The number of ether oxygens (including phenoxy) is 1. The molecule has 0 aliphatic carbocycles. The summed E-state index contributed by atoms with van der Waals surface area (Å²) < 4.78 is 5.15. The maximum atomic E-state index is 11.6. The molecule has 0 aliphatic heterocycles. The van der Waals surface area contributed by atoms with Crippen molar-refractivity contribution in [2.45, 2.75) is 0 Å². The number of hydrogen-bond acceptors (Lipinski definition) is 8. The van der Waals surface area contributed by atoms with Gasteiger partial charge in [-0.1, -0.05) is 6.07 Å². The van der Waals surface area contributed by atoms with E-state index in [0.717, 1.165) is 11.3 Å². The summed E-state index contributed by atoms with van der Waals surface area (Å²) in [4.78, 5) is 16.4. The molecule has 8 N–H and O–H groups in total. The number of nitrogens with two attached hydrogens (primary N) is 4. The Hall–Kier alpha value is -3.51. The molecule has 2 heterocycles. The van der Waals surface area contributed by atoms with Gasteiger partial charge in [0.25, 0.3) is 5.91 Å². The predicted molar refractivity (Wildman–Crippen MR) is 98.1 cm³/mol. The number of anilines is 3. The van der Waals surface area contributed by atoms with E-state index in [9.17, 15) is 10.1 Å². The average Bonchev–Trinajstić information content (AvgIpc) is 2.90. The Kier molecular flexibility index (Phi) is 3.82. The maximum absolute atomic E-state index is 11.6. The van der Waals surface area contributed by atoms with Gasteiger partial charge in [0.1, 0.15) is 32.9 Å². The molecule has 0 unspecified atom stereocenters. The molecule has 9 heteroatoms. The van der Waals surface area contributed by atoms with Crippen LogP contribution in [0.5, 0.6) is 5.75 Å². The molecule has 8 nitrogen and oxygen atoms in total. The molecule has 1 amide bonds. The number of primary amides is 1. The Morgan fingerprint density at radius 2 is 2.04 bits per heavy atom. The lowest BCUT2D eigenvalue weighted by atomic mass is 9.96. The normalized spacial score (nSPS) is 10.6. The fraction of sp³-hybridized carbons (Fsp3) is 0.0625. The third-order valence-electron chi connectivity index (χ3n) is 3.76. The number of hydrogen-bond donors (Lipinski definition) is 4. The largest absolute Gasteiger partial charge is 0.495 e. The molecule has 0 saturated carbocycles. The highest BCUT2D eigenvalue weighted by Crippen LogP contribution is 2.43. The average molecular weight is 354 g/mol. The zero-order chi connectivity index (χ0) is 18.3. The highest BCUT2D eigenvalue weighted by molar-refractivity contribution is 7.21. The van der Waals surface area contributed by atoms with Crippen molar-refractivity contribution in [1.29, 1.82) is 5.26 Å². The number of nitrogen functional groups attached to an aromatic ring is 3. The van der Waals surface area contributed by atoms with Crippen LogP contribution in [0.2, 0.25) is 0 Å². The highest BCUT2D eigenvalue weighted by atomic mass is 32.1. The molecule has 0 saturated heterocycles. The van der Waals surface area contributed by atoms with Crippen molar-refractivity contribution in [3.05, 3.63) is 28.6 Å². The quantitative estimate of drug-likeness (QED) is 0.519. The van der Waals surface area contributed by atoms with Crippen LogP contribution in [-0.2, 0) is 0 Å². The lowest BCUT2D eigenvalue weighted by Gasteiger charge is -2.12. The van der Waals surface area contributed by atoms with Crippen molar-refractivity contribution in [3.8, 4) is 22.9 Å². The summed E-state index contributed by atoms with van der Waals surface area (Å²) in [7, 11) is 1.50. The number of carbonyl (C=O) groups is 1. The highest BCUT2D eigenvalue weighted by Gasteiger charge is 2.23. The molecule has 0 atom stereocenters. The van der Waals surface area contributed by atoms with Crippen LogP contribution >= 0.6 is 11.3 Å². The second kappa shape index (κ2) is 5.85. The minimum absolute atomic E-state index is 0.0386. The third-order valence-corrected chi connectivity index (χ3v) is 4.87. The molecule has 0 fully saturated rings. The van der Waals surface area contributed by atoms with E-state index in [2.05, 4.69) is 4.98 Å². The van der Waals surface area contributed by atoms with Gasteiger partial charge in [-0.15, -0.1) is 11.3 Å². The number of methoxy groups -OCH3 is 1. The van der Waals surface area contributed by atoms with Crippen LogP contribution in [-0.4, -0.2) is 18.0 Å². The van der Waals surface area contributed by atoms with E-state index in [1.807, 2.05) is 6.07 Å². The summed E-state index contributed by atoms with van der Waals surface area (Å²) in [6, 6.07) is 7.09. The molecule has 3 rings (SSSR count). The SMILES string of the molecule is COc1ccc(-c2c(C#N)c(N)nc3sc(C(N)=O)c(N)c23)cc1N. The van der Waals surface area contributed by atoms with Gasteiger partial charge in [0.2, 0.25) is 0 Å².